The molecule has 0 saturated carbocycles. The van der Waals surface area contributed by atoms with Crippen LogP contribution < -0.4 is 5.32 Å². The first-order valence-electron chi connectivity index (χ1n) is 5.39. The summed E-state index contributed by atoms with van der Waals surface area (Å²) < 4.78 is 1.70. The lowest BCUT2D eigenvalue weighted by Crippen LogP contribution is -2.25. The number of hydrogen-bond donors (Lipinski definition) is 2. The Morgan fingerprint density at radius 2 is 2.29 bits per heavy atom. The van der Waals surface area contributed by atoms with Gasteiger partial charge in [0.05, 0.1) is 12.6 Å². The zero-order chi connectivity index (χ0) is 12.1. The number of nitrogens with one attached hydrogen (secondary N) is 1. The van der Waals surface area contributed by atoms with Gasteiger partial charge in [-0.25, -0.2) is 0 Å². The van der Waals surface area contributed by atoms with E-state index in [0.29, 0.717) is 18.1 Å². The molecule has 0 aliphatic rings. The first-order chi connectivity index (χ1) is 8.24. The largest absolute Gasteiger partial charge is 0.389 e. The maximum Gasteiger partial charge on any atom is 0.0907 e. The third-order valence-electron chi connectivity index (χ3n) is 2.32. The molecule has 0 saturated heterocycles. The molecule has 0 bridgehead atoms. The monoisotopic (exact) mass is 251 g/mol. The molecule has 2 N–H and O–H groups in total. The van der Waals surface area contributed by atoms with E-state index in [1.54, 1.807) is 10.9 Å². The molecular weight excluding hydrogens is 238 g/mol. The molecule has 5 heteroatoms. The van der Waals surface area contributed by atoms with Gasteiger partial charge < -0.3 is 10.4 Å². The van der Waals surface area contributed by atoms with Crippen molar-refractivity contribution >= 4 is 17.3 Å². The predicted molar refractivity (Wildman–Crippen MR) is 68.2 cm³/mol. The summed E-state index contributed by atoms with van der Waals surface area (Å²) in [6, 6.07) is 9.24. The van der Waals surface area contributed by atoms with Crippen molar-refractivity contribution in [2.45, 2.75) is 12.6 Å². The van der Waals surface area contributed by atoms with E-state index in [9.17, 15) is 5.11 Å². The summed E-state index contributed by atoms with van der Waals surface area (Å²) in [4.78, 5) is 0. The summed E-state index contributed by atoms with van der Waals surface area (Å²) in [7, 11) is 0. The molecule has 4 nitrogen and oxygen atoms in total. The van der Waals surface area contributed by atoms with Gasteiger partial charge in [-0.3, -0.25) is 4.68 Å². The second kappa shape index (κ2) is 5.70. The highest BCUT2D eigenvalue weighted by Gasteiger charge is 2.05. The average Bonchev–Trinajstić information content (AvgIpc) is 2.79. The highest BCUT2D eigenvalue weighted by Crippen LogP contribution is 2.14. The fourth-order valence-corrected chi connectivity index (χ4v) is 1.71. The van der Waals surface area contributed by atoms with Gasteiger partial charge in [0.25, 0.3) is 0 Å². The Kier molecular flexibility index (Phi) is 4.01. The molecule has 0 aliphatic carbocycles. The average molecular weight is 252 g/mol. The molecule has 1 heterocycles. The van der Waals surface area contributed by atoms with Gasteiger partial charge in [0.2, 0.25) is 0 Å². The number of hydrogen-bond acceptors (Lipinski definition) is 3. The Bertz CT molecular complexity index is 459. The van der Waals surface area contributed by atoms with Gasteiger partial charge in [0.15, 0.2) is 0 Å². The third-order valence-corrected chi connectivity index (χ3v) is 2.56. The van der Waals surface area contributed by atoms with Gasteiger partial charge in [-0.2, -0.15) is 5.10 Å². The second-order valence-corrected chi connectivity index (χ2v) is 4.21. The predicted octanol–water partition coefficient (Wildman–Crippen LogP) is 2.01. The van der Waals surface area contributed by atoms with E-state index < -0.39 is 6.10 Å². The number of nitrogens with zero attached hydrogens (tertiary/aromatic N) is 2. The molecule has 90 valence electrons. The second-order valence-electron chi connectivity index (χ2n) is 3.77. The normalized spacial score (nSPS) is 12.4. The van der Waals surface area contributed by atoms with E-state index in [2.05, 4.69) is 10.4 Å². The molecule has 1 aromatic heterocycles. The van der Waals surface area contributed by atoms with Crippen LogP contribution in [0.5, 0.6) is 0 Å². The number of anilines is 1. The molecule has 17 heavy (non-hydrogen) atoms. The number of benzene rings is 1. The van der Waals surface area contributed by atoms with Crippen LogP contribution in [0.3, 0.4) is 0 Å². The minimum absolute atomic E-state index is 0.459. The topological polar surface area (TPSA) is 50.1 Å². The van der Waals surface area contributed by atoms with Crippen LogP contribution in [0.2, 0.25) is 5.02 Å². The van der Waals surface area contributed by atoms with Crippen LogP contribution in [-0.2, 0) is 6.54 Å². The summed E-state index contributed by atoms with van der Waals surface area (Å²) >= 11 is 5.86. The maximum atomic E-state index is 9.80. The van der Waals surface area contributed by atoms with Crippen LogP contribution in [0.4, 0.5) is 5.69 Å². The third kappa shape index (κ3) is 3.76. The zero-order valence-corrected chi connectivity index (χ0v) is 10.0. The van der Waals surface area contributed by atoms with Crippen molar-refractivity contribution in [3.63, 3.8) is 0 Å². The number of aliphatic hydroxyl groups excluding tert-OH is 1. The Hall–Kier alpha value is -1.52. The first kappa shape index (κ1) is 12.0. The highest BCUT2D eigenvalue weighted by atomic mass is 35.5. The first-order valence-corrected chi connectivity index (χ1v) is 5.77. The molecule has 2 aromatic rings. The lowest BCUT2D eigenvalue weighted by molar-refractivity contribution is 0.161. The number of rotatable bonds is 5. The lowest BCUT2D eigenvalue weighted by atomic mass is 10.3. The van der Waals surface area contributed by atoms with Gasteiger partial charge in [-0.1, -0.05) is 17.7 Å². The van der Waals surface area contributed by atoms with Crippen LogP contribution in [-0.4, -0.2) is 27.5 Å². The summed E-state index contributed by atoms with van der Waals surface area (Å²) in [6.07, 6.45) is 3.02. The number of aliphatic hydroxyl groups is 1. The van der Waals surface area contributed by atoms with Crippen molar-refractivity contribution in [2.24, 2.45) is 0 Å². The minimum atomic E-state index is -0.492. The van der Waals surface area contributed by atoms with Crippen molar-refractivity contribution in [1.29, 1.82) is 0 Å². The summed E-state index contributed by atoms with van der Waals surface area (Å²) in [5.74, 6) is 0. The molecule has 2 rings (SSSR count). The Balaban J connectivity index is 1.82. The molecule has 0 spiro atoms. The van der Waals surface area contributed by atoms with Crippen LogP contribution in [0.25, 0.3) is 0 Å². The van der Waals surface area contributed by atoms with Crippen molar-refractivity contribution in [2.75, 3.05) is 11.9 Å². The van der Waals surface area contributed by atoms with Gasteiger partial charge >= 0.3 is 0 Å². The van der Waals surface area contributed by atoms with E-state index in [0.717, 1.165) is 5.69 Å². The Labute approximate surface area is 105 Å². The van der Waals surface area contributed by atoms with Crippen molar-refractivity contribution in [1.82, 2.24) is 9.78 Å². The van der Waals surface area contributed by atoms with Crippen molar-refractivity contribution in [3.05, 3.63) is 47.7 Å². The molecule has 0 radical (unpaired) electrons. The molecular formula is C12H14ClN3O. The SMILES string of the molecule is OC(CNc1cccc(Cl)c1)Cn1cccn1. The van der Waals surface area contributed by atoms with Crippen LogP contribution in [0, 0.1) is 0 Å². The van der Waals surface area contributed by atoms with Crippen molar-refractivity contribution in [3.8, 4) is 0 Å². The molecule has 0 aliphatic heterocycles. The number of aromatic nitrogens is 2. The standard InChI is InChI=1S/C12H14ClN3O/c13-10-3-1-4-11(7-10)14-8-12(17)9-16-6-2-5-15-16/h1-7,12,14,17H,8-9H2. The van der Waals surface area contributed by atoms with E-state index in [4.69, 9.17) is 11.6 Å². The van der Waals surface area contributed by atoms with E-state index in [-0.39, 0.29) is 0 Å². The van der Waals surface area contributed by atoms with E-state index >= 15 is 0 Å². The van der Waals surface area contributed by atoms with E-state index in [1.807, 2.05) is 36.5 Å². The van der Waals surface area contributed by atoms with Crippen LogP contribution in [0.1, 0.15) is 0 Å². The van der Waals surface area contributed by atoms with Crippen LogP contribution >= 0.6 is 11.6 Å². The molecule has 0 amide bonds. The highest BCUT2D eigenvalue weighted by molar-refractivity contribution is 6.30. The van der Waals surface area contributed by atoms with Gasteiger partial charge in [-0.05, 0) is 24.3 Å². The smallest absolute Gasteiger partial charge is 0.0907 e. The molecule has 1 atom stereocenters. The maximum absolute atomic E-state index is 9.80. The van der Waals surface area contributed by atoms with Crippen molar-refractivity contribution < 1.29 is 5.11 Å². The quantitative estimate of drug-likeness (QED) is 0.855. The minimum Gasteiger partial charge on any atom is -0.389 e. The van der Waals surface area contributed by atoms with Gasteiger partial charge in [0.1, 0.15) is 0 Å². The molecule has 1 unspecified atom stereocenters. The number of halogens is 1. The van der Waals surface area contributed by atoms with Gasteiger partial charge in [-0.15, -0.1) is 0 Å². The molecule has 1 aromatic carbocycles. The van der Waals surface area contributed by atoms with Crippen LogP contribution in [0.15, 0.2) is 42.7 Å². The fraction of sp³-hybridized carbons (Fsp3) is 0.250. The van der Waals surface area contributed by atoms with Gasteiger partial charge in [0, 0.05) is 29.6 Å². The zero-order valence-electron chi connectivity index (χ0n) is 9.25. The van der Waals surface area contributed by atoms with E-state index in [1.165, 1.54) is 0 Å². The summed E-state index contributed by atoms with van der Waals surface area (Å²) in [5, 5.41) is 17.6. The molecule has 0 fully saturated rings. The summed E-state index contributed by atoms with van der Waals surface area (Å²) in [6.45, 7) is 0.931. The Morgan fingerprint density at radius 3 is 3.00 bits per heavy atom. The summed E-state index contributed by atoms with van der Waals surface area (Å²) in [5.41, 5.74) is 0.900. The fourth-order valence-electron chi connectivity index (χ4n) is 1.52. The Morgan fingerprint density at radius 1 is 1.41 bits per heavy atom. The lowest BCUT2D eigenvalue weighted by Gasteiger charge is -2.13.